The first kappa shape index (κ1) is 15.4. The van der Waals surface area contributed by atoms with Gasteiger partial charge in [0.25, 0.3) is 0 Å². The van der Waals surface area contributed by atoms with Gasteiger partial charge in [-0.05, 0) is 33.4 Å². The first-order chi connectivity index (χ1) is 8.49. The van der Waals surface area contributed by atoms with Gasteiger partial charge < -0.3 is 16.0 Å². The zero-order chi connectivity index (χ0) is 13.5. The standard InChI is InChI=1S/C14H29N3O/c1-11(10-17(2)3)16-14(18)13(15)9-12-7-5-4-6-8-12/h11-13H,4-10,15H2,1-3H3,(H,16,18). The van der Waals surface area contributed by atoms with Gasteiger partial charge in [-0.3, -0.25) is 4.79 Å². The largest absolute Gasteiger partial charge is 0.351 e. The monoisotopic (exact) mass is 255 g/mol. The molecule has 1 aliphatic carbocycles. The summed E-state index contributed by atoms with van der Waals surface area (Å²) in [6, 6.07) is -0.178. The second-order valence-electron chi connectivity index (χ2n) is 6.02. The van der Waals surface area contributed by atoms with Gasteiger partial charge in [-0.2, -0.15) is 0 Å². The van der Waals surface area contributed by atoms with E-state index in [1.54, 1.807) is 0 Å². The Morgan fingerprint density at radius 3 is 2.50 bits per heavy atom. The van der Waals surface area contributed by atoms with E-state index in [1.807, 2.05) is 21.0 Å². The molecule has 0 aliphatic heterocycles. The summed E-state index contributed by atoms with van der Waals surface area (Å²) < 4.78 is 0. The fraction of sp³-hybridized carbons (Fsp3) is 0.929. The van der Waals surface area contributed by atoms with E-state index >= 15 is 0 Å². The summed E-state index contributed by atoms with van der Waals surface area (Å²) in [7, 11) is 4.01. The molecule has 0 heterocycles. The van der Waals surface area contributed by atoms with E-state index in [-0.39, 0.29) is 18.0 Å². The molecule has 2 atom stereocenters. The van der Waals surface area contributed by atoms with Crippen LogP contribution in [-0.4, -0.2) is 43.5 Å². The van der Waals surface area contributed by atoms with Gasteiger partial charge in [-0.1, -0.05) is 32.1 Å². The summed E-state index contributed by atoms with van der Waals surface area (Å²) in [5.41, 5.74) is 6.00. The Balaban J connectivity index is 2.27. The predicted octanol–water partition coefficient (Wildman–Crippen LogP) is 1.35. The predicted molar refractivity (Wildman–Crippen MR) is 75.3 cm³/mol. The van der Waals surface area contributed by atoms with E-state index in [4.69, 9.17) is 5.73 Å². The average Bonchev–Trinajstić information content (AvgIpc) is 2.28. The molecule has 0 aromatic carbocycles. The zero-order valence-corrected chi connectivity index (χ0v) is 12.1. The maximum absolute atomic E-state index is 12.0. The van der Waals surface area contributed by atoms with Gasteiger partial charge in [-0.25, -0.2) is 0 Å². The van der Waals surface area contributed by atoms with Gasteiger partial charge in [-0.15, -0.1) is 0 Å². The molecule has 1 amide bonds. The van der Waals surface area contributed by atoms with Crippen LogP contribution in [0.4, 0.5) is 0 Å². The summed E-state index contributed by atoms with van der Waals surface area (Å²) in [4.78, 5) is 14.0. The smallest absolute Gasteiger partial charge is 0.237 e. The number of nitrogens with one attached hydrogen (secondary N) is 1. The van der Waals surface area contributed by atoms with E-state index in [0.717, 1.165) is 13.0 Å². The Hall–Kier alpha value is -0.610. The highest BCUT2D eigenvalue weighted by molar-refractivity contribution is 5.81. The van der Waals surface area contributed by atoms with Gasteiger partial charge in [0.2, 0.25) is 5.91 Å². The number of nitrogens with zero attached hydrogens (tertiary/aromatic N) is 1. The molecule has 3 N–H and O–H groups in total. The van der Waals surface area contributed by atoms with Crippen molar-refractivity contribution in [1.82, 2.24) is 10.2 Å². The molecule has 1 rings (SSSR count). The van der Waals surface area contributed by atoms with Crippen LogP contribution in [0.3, 0.4) is 0 Å². The maximum atomic E-state index is 12.0. The van der Waals surface area contributed by atoms with Crippen LogP contribution in [0.15, 0.2) is 0 Å². The normalized spacial score (nSPS) is 20.7. The third kappa shape index (κ3) is 5.83. The molecule has 0 aromatic rings. The Morgan fingerprint density at radius 1 is 1.33 bits per heavy atom. The number of hydrogen-bond acceptors (Lipinski definition) is 3. The van der Waals surface area contributed by atoms with Crippen molar-refractivity contribution < 1.29 is 4.79 Å². The number of nitrogens with two attached hydrogens (primary N) is 1. The van der Waals surface area contributed by atoms with Gasteiger partial charge in [0, 0.05) is 12.6 Å². The average molecular weight is 255 g/mol. The molecular formula is C14H29N3O. The quantitative estimate of drug-likeness (QED) is 0.753. The summed E-state index contributed by atoms with van der Waals surface area (Å²) in [5, 5.41) is 2.99. The number of hydrogen-bond donors (Lipinski definition) is 2. The van der Waals surface area contributed by atoms with Crippen molar-refractivity contribution in [1.29, 1.82) is 0 Å². The lowest BCUT2D eigenvalue weighted by atomic mass is 9.85. The molecular weight excluding hydrogens is 226 g/mol. The van der Waals surface area contributed by atoms with Crippen molar-refractivity contribution in [3.63, 3.8) is 0 Å². The van der Waals surface area contributed by atoms with Crippen molar-refractivity contribution in [2.75, 3.05) is 20.6 Å². The lowest BCUT2D eigenvalue weighted by molar-refractivity contribution is -0.123. The van der Waals surface area contributed by atoms with E-state index < -0.39 is 0 Å². The highest BCUT2D eigenvalue weighted by Crippen LogP contribution is 2.26. The lowest BCUT2D eigenvalue weighted by Crippen LogP contribution is -2.48. The molecule has 1 aliphatic rings. The fourth-order valence-corrected chi connectivity index (χ4v) is 2.83. The minimum atomic E-state index is -0.335. The van der Waals surface area contributed by atoms with Crippen molar-refractivity contribution in [2.24, 2.45) is 11.7 Å². The van der Waals surface area contributed by atoms with Gasteiger partial charge in [0.15, 0.2) is 0 Å². The number of rotatable bonds is 6. The summed E-state index contributed by atoms with van der Waals surface area (Å²) in [6.45, 7) is 2.87. The lowest BCUT2D eigenvalue weighted by Gasteiger charge is -2.25. The van der Waals surface area contributed by atoms with Gasteiger partial charge >= 0.3 is 0 Å². The van der Waals surface area contributed by atoms with Crippen LogP contribution in [0.2, 0.25) is 0 Å². The topological polar surface area (TPSA) is 58.4 Å². The SMILES string of the molecule is CC(CN(C)C)NC(=O)C(N)CC1CCCCC1. The minimum absolute atomic E-state index is 0.00919. The molecule has 0 bridgehead atoms. The summed E-state index contributed by atoms with van der Waals surface area (Å²) in [5.74, 6) is 0.665. The molecule has 18 heavy (non-hydrogen) atoms. The third-order valence-electron chi connectivity index (χ3n) is 3.68. The highest BCUT2D eigenvalue weighted by Gasteiger charge is 2.22. The van der Waals surface area contributed by atoms with E-state index in [9.17, 15) is 4.79 Å². The molecule has 4 heteroatoms. The van der Waals surface area contributed by atoms with Crippen molar-refractivity contribution in [3.05, 3.63) is 0 Å². The van der Waals surface area contributed by atoms with E-state index in [0.29, 0.717) is 5.92 Å². The molecule has 0 spiro atoms. The van der Waals surface area contributed by atoms with Gasteiger partial charge in [0.05, 0.1) is 6.04 Å². The zero-order valence-electron chi connectivity index (χ0n) is 12.1. The maximum Gasteiger partial charge on any atom is 0.237 e. The Labute approximate surface area is 111 Å². The number of carbonyl (C=O) groups is 1. The highest BCUT2D eigenvalue weighted by atomic mass is 16.2. The van der Waals surface area contributed by atoms with E-state index in [2.05, 4.69) is 10.2 Å². The Kier molecular flexibility index (Phi) is 6.65. The first-order valence-corrected chi connectivity index (χ1v) is 7.19. The molecule has 1 saturated carbocycles. The Bertz CT molecular complexity index is 249. The third-order valence-corrected chi connectivity index (χ3v) is 3.68. The molecule has 0 saturated heterocycles. The van der Waals surface area contributed by atoms with Crippen molar-refractivity contribution in [2.45, 2.75) is 57.5 Å². The van der Waals surface area contributed by atoms with Crippen LogP contribution in [0, 0.1) is 5.92 Å². The molecule has 2 unspecified atom stereocenters. The summed E-state index contributed by atoms with van der Waals surface area (Å²) >= 11 is 0. The van der Waals surface area contributed by atoms with Crippen LogP contribution in [0.1, 0.15) is 45.4 Å². The summed E-state index contributed by atoms with van der Waals surface area (Å²) in [6.07, 6.45) is 7.28. The van der Waals surface area contributed by atoms with Gasteiger partial charge in [0.1, 0.15) is 0 Å². The second kappa shape index (κ2) is 7.74. The van der Waals surface area contributed by atoms with Crippen LogP contribution >= 0.6 is 0 Å². The molecule has 1 fully saturated rings. The van der Waals surface area contributed by atoms with Crippen LogP contribution in [0.25, 0.3) is 0 Å². The molecule has 0 aromatic heterocycles. The fourth-order valence-electron chi connectivity index (χ4n) is 2.83. The van der Waals surface area contributed by atoms with Crippen molar-refractivity contribution in [3.8, 4) is 0 Å². The van der Waals surface area contributed by atoms with Crippen molar-refractivity contribution >= 4 is 5.91 Å². The van der Waals surface area contributed by atoms with Crippen LogP contribution in [-0.2, 0) is 4.79 Å². The molecule has 106 valence electrons. The number of carbonyl (C=O) groups excluding carboxylic acids is 1. The number of likely N-dealkylation sites (N-methyl/N-ethyl adjacent to an activating group) is 1. The van der Waals surface area contributed by atoms with Crippen LogP contribution < -0.4 is 11.1 Å². The van der Waals surface area contributed by atoms with Crippen LogP contribution in [0.5, 0.6) is 0 Å². The second-order valence-corrected chi connectivity index (χ2v) is 6.02. The number of amides is 1. The minimum Gasteiger partial charge on any atom is -0.351 e. The Morgan fingerprint density at radius 2 is 1.94 bits per heavy atom. The molecule has 4 nitrogen and oxygen atoms in total. The first-order valence-electron chi connectivity index (χ1n) is 7.19. The molecule has 0 radical (unpaired) electrons. The van der Waals surface area contributed by atoms with E-state index in [1.165, 1.54) is 32.1 Å².